The van der Waals surface area contributed by atoms with Crippen LogP contribution in [0.4, 0.5) is 0 Å². The summed E-state index contributed by atoms with van der Waals surface area (Å²) < 4.78 is 15.5. The molecule has 1 amide bonds. The SMILES string of the molecule is COc1cc(OC)c(C(=O)NCCCN)cc1OC.Cl. The van der Waals surface area contributed by atoms with Crippen molar-refractivity contribution in [1.29, 1.82) is 0 Å². The van der Waals surface area contributed by atoms with Crippen molar-refractivity contribution in [3.8, 4) is 17.2 Å². The van der Waals surface area contributed by atoms with E-state index in [-0.39, 0.29) is 18.3 Å². The fourth-order valence-corrected chi connectivity index (χ4v) is 1.61. The predicted octanol–water partition coefficient (Wildman–Crippen LogP) is 1.21. The summed E-state index contributed by atoms with van der Waals surface area (Å²) in [5.41, 5.74) is 5.78. The molecule has 20 heavy (non-hydrogen) atoms. The standard InChI is InChI=1S/C13H20N2O4.ClH/c1-17-10-8-12(19-3)11(18-2)7-9(10)13(16)15-6-4-5-14;/h7-8H,4-6,14H2,1-3H3,(H,15,16);1H. The first-order valence-electron chi connectivity index (χ1n) is 5.96. The van der Waals surface area contributed by atoms with Gasteiger partial charge in [-0.3, -0.25) is 4.79 Å². The Morgan fingerprint density at radius 2 is 1.65 bits per heavy atom. The molecule has 1 rings (SSSR count). The van der Waals surface area contributed by atoms with Crippen LogP contribution in [0.5, 0.6) is 17.2 Å². The molecule has 0 atom stereocenters. The van der Waals surface area contributed by atoms with Gasteiger partial charge in [0.1, 0.15) is 5.75 Å². The molecule has 7 heteroatoms. The molecule has 0 fully saturated rings. The van der Waals surface area contributed by atoms with Crippen molar-refractivity contribution in [1.82, 2.24) is 5.32 Å². The number of amides is 1. The smallest absolute Gasteiger partial charge is 0.255 e. The highest BCUT2D eigenvalue weighted by atomic mass is 35.5. The monoisotopic (exact) mass is 304 g/mol. The number of ether oxygens (including phenoxy) is 3. The van der Waals surface area contributed by atoms with Gasteiger partial charge in [0.15, 0.2) is 11.5 Å². The molecule has 1 aromatic rings. The highest BCUT2D eigenvalue weighted by Crippen LogP contribution is 2.34. The van der Waals surface area contributed by atoms with Gasteiger partial charge in [-0.2, -0.15) is 0 Å². The zero-order valence-corrected chi connectivity index (χ0v) is 12.7. The van der Waals surface area contributed by atoms with E-state index < -0.39 is 0 Å². The fourth-order valence-electron chi connectivity index (χ4n) is 1.61. The van der Waals surface area contributed by atoms with E-state index in [1.165, 1.54) is 21.3 Å². The minimum absolute atomic E-state index is 0. The molecular weight excluding hydrogens is 284 g/mol. The number of nitrogens with two attached hydrogens (primary N) is 1. The number of hydrogen-bond donors (Lipinski definition) is 2. The fraction of sp³-hybridized carbons (Fsp3) is 0.462. The molecule has 0 aromatic heterocycles. The second kappa shape index (κ2) is 9.28. The maximum Gasteiger partial charge on any atom is 0.255 e. The third kappa shape index (κ3) is 4.47. The maximum absolute atomic E-state index is 12.0. The van der Waals surface area contributed by atoms with Crippen LogP contribution in [0.3, 0.4) is 0 Å². The Hall–Kier alpha value is -1.66. The molecule has 0 aliphatic carbocycles. The van der Waals surface area contributed by atoms with Gasteiger partial charge >= 0.3 is 0 Å². The summed E-state index contributed by atoms with van der Waals surface area (Å²) in [5.74, 6) is 1.19. The molecule has 0 bridgehead atoms. The van der Waals surface area contributed by atoms with E-state index in [4.69, 9.17) is 19.9 Å². The van der Waals surface area contributed by atoms with E-state index in [0.29, 0.717) is 35.9 Å². The Balaban J connectivity index is 0.00000361. The molecule has 3 N–H and O–H groups in total. The van der Waals surface area contributed by atoms with Crippen molar-refractivity contribution in [3.63, 3.8) is 0 Å². The normalized spacial score (nSPS) is 9.40. The van der Waals surface area contributed by atoms with Gasteiger partial charge in [0.05, 0.1) is 26.9 Å². The van der Waals surface area contributed by atoms with Crippen molar-refractivity contribution in [3.05, 3.63) is 17.7 Å². The average molecular weight is 305 g/mol. The van der Waals surface area contributed by atoms with Gasteiger partial charge in [0, 0.05) is 18.7 Å². The molecule has 0 aliphatic heterocycles. The Kier molecular flexibility index (Phi) is 8.51. The molecule has 0 radical (unpaired) electrons. The van der Waals surface area contributed by atoms with Gasteiger partial charge in [-0.05, 0) is 13.0 Å². The van der Waals surface area contributed by atoms with Gasteiger partial charge in [-0.1, -0.05) is 0 Å². The molecular formula is C13H21ClN2O4. The highest BCUT2D eigenvalue weighted by Gasteiger charge is 2.17. The van der Waals surface area contributed by atoms with Gasteiger partial charge in [0.25, 0.3) is 5.91 Å². The zero-order chi connectivity index (χ0) is 14.3. The van der Waals surface area contributed by atoms with Crippen LogP contribution in [0.1, 0.15) is 16.8 Å². The number of carbonyl (C=O) groups excluding carboxylic acids is 1. The first-order chi connectivity index (χ1) is 9.17. The van der Waals surface area contributed by atoms with Crippen LogP contribution in [-0.2, 0) is 0 Å². The molecule has 0 saturated heterocycles. The van der Waals surface area contributed by atoms with Gasteiger partial charge in [0.2, 0.25) is 0 Å². The lowest BCUT2D eigenvalue weighted by Gasteiger charge is -2.13. The molecule has 6 nitrogen and oxygen atoms in total. The molecule has 0 unspecified atom stereocenters. The lowest BCUT2D eigenvalue weighted by Crippen LogP contribution is -2.26. The van der Waals surface area contributed by atoms with Crippen LogP contribution < -0.4 is 25.3 Å². The van der Waals surface area contributed by atoms with Crippen molar-refractivity contribution >= 4 is 18.3 Å². The summed E-state index contributed by atoms with van der Waals surface area (Å²) in [6.07, 6.45) is 0.724. The third-order valence-corrected chi connectivity index (χ3v) is 2.62. The van der Waals surface area contributed by atoms with Gasteiger partial charge in [-0.25, -0.2) is 0 Å². The average Bonchev–Trinajstić information content (AvgIpc) is 2.45. The second-order valence-electron chi connectivity index (χ2n) is 3.81. The number of rotatable bonds is 7. The third-order valence-electron chi connectivity index (χ3n) is 2.62. The first kappa shape index (κ1) is 18.3. The minimum atomic E-state index is -0.230. The Labute approximate surface area is 125 Å². The van der Waals surface area contributed by atoms with Crippen LogP contribution in [-0.4, -0.2) is 40.3 Å². The van der Waals surface area contributed by atoms with Crippen LogP contribution >= 0.6 is 12.4 Å². The number of nitrogens with one attached hydrogen (secondary N) is 1. The van der Waals surface area contributed by atoms with Crippen LogP contribution in [0.25, 0.3) is 0 Å². The number of carbonyl (C=O) groups is 1. The highest BCUT2D eigenvalue weighted by molar-refractivity contribution is 5.97. The van der Waals surface area contributed by atoms with Crippen molar-refractivity contribution in [2.24, 2.45) is 5.73 Å². The van der Waals surface area contributed by atoms with E-state index in [0.717, 1.165) is 6.42 Å². The summed E-state index contributed by atoms with van der Waals surface area (Å²) in [5, 5.41) is 2.77. The van der Waals surface area contributed by atoms with Crippen molar-refractivity contribution < 1.29 is 19.0 Å². The molecule has 0 spiro atoms. The summed E-state index contributed by atoms with van der Waals surface area (Å²) in [4.78, 5) is 12.0. The van der Waals surface area contributed by atoms with E-state index in [1.54, 1.807) is 12.1 Å². The summed E-state index contributed by atoms with van der Waals surface area (Å²) in [6, 6.07) is 3.21. The van der Waals surface area contributed by atoms with Crippen LogP contribution in [0.2, 0.25) is 0 Å². The van der Waals surface area contributed by atoms with Crippen molar-refractivity contribution in [2.45, 2.75) is 6.42 Å². The number of methoxy groups -OCH3 is 3. The number of benzene rings is 1. The van der Waals surface area contributed by atoms with E-state index in [9.17, 15) is 4.79 Å². The lowest BCUT2D eigenvalue weighted by molar-refractivity contribution is 0.0950. The maximum atomic E-state index is 12.0. The Morgan fingerprint density at radius 1 is 1.10 bits per heavy atom. The van der Waals surface area contributed by atoms with Crippen LogP contribution in [0, 0.1) is 0 Å². The summed E-state index contributed by atoms with van der Waals surface area (Å²) in [6.45, 7) is 1.05. The van der Waals surface area contributed by atoms with E-state index in [1.807, 2.05) is 0 Å². The molecule has 0 aliphatic rings. The van der Waals surface area contributed by atoms with Crippen molar-refractivity contribution in [2.75, 3.05) is 34.4 Å². The summed E-state index contributed by atoms with van der Waals surface area (Å²) in [7, 11) is 4.54. The molecule has 114 valence electrons. The quantitative estimate of drug-likeness (QED) is 0.740. The predicted molar refractivity (Wildman–Crippen MR) is 79.4 cm³/mol. The van der Waals surface area contributed by atoms with Crippen LogP contribution in [0.15, 0.2) is 12.1 Å². The lowest BCUT2D eigenvalue weighted by atomic mass is 10.1. The molecule has 0 heterocycles. The summed E-state index contributed by atoms with van der Waals surface area (Å²) >= 11 is 0. The Morgan fingerprint density at radius 3 is 2.15 bits per heavy atom. The molecule has 1 aromatic carbocycles. The topological polar surface area (TPSA) is 82.8 Å². The first-order valence-corrected chi connectivity index (χ1v) is 5.96. The largest absolute Gasteiger partial charge is 0.496 e. The van der Waals surface area contributed by atoms with Gasteiger partial charge < -0.3 is 25.3 Å². The molecule has 0 saturated carbocycles. The van der Waals surface area contributed by atoms with E-state index >= 15 is 0 Å². The van der Waals surface area contributed by atoms with Gasteiger partial charge in [-0.15, -0.1) is 12.4 Å². The zero-order valence-electron chi connectivity index (χ0n) is 11.9. The number of hydrogen-bond acceptors (Lipinski definition) is 5. The van der Waals surface area contributed by atoms with E-state index in [2.05, 4.69) is 5.32 Å². The second-order valence-corrected chi connectivity index (χ2v) is 3.81. The Bertz CT molecular complexity index is 441. The minimum Gasteiger partial charge on any atom is -0.496 e. The number of halogens is 1.